The van der Waals surface area contributed by atoms with Gasteiger partial charge in [-0.05, 0) is 51.1 Å². The molecule has 158 valence electrons. The van der Waals surface area contributed by atoms with E-state index in [9.17, 15) is 9.59 Å². The number of para-hydroxylation sites is 1. The van der Waals surface area contributed by atoms with Crippen molar-refractivity contribution in [3.8, 4) is 18.9 Å². The number of nitrogens with two attached hydrogens (primary N) is 1. The van der Waals surface area contributed by atoms with Gasteiger partial charge in [0.2, 0.25) is 5.91 Å². The molecule has 7 nitrogen and oxygen atoms in total. The Hall–Kier alpha value is -3.97. The predicted octanol–water partition coefficient (Wildman–Crippen LogP) is 4.78. The number of nitrogens with one attached hydrogen (secondary N) is 2. The molecule has 0 saturated carbocycles. The quantitative estimate of drug-likeness (QED) is 0.629. The Morgan fingerprint density at radius 1 is 1.10 bits per heavy atom. The van der Waals surface area contributed by atoms with E-state index in [1.54, 1.807) is 45.9 Å². The Labute approximate surface area is 178 Å². The molecule has 0 fully saturated rings. The van der Waals surface area contributed by atoms with E-state index in [0.717, 1.165) is 5.69 Å². The fourth-order valence-electron chi connectivity index (χ4n) is 2.04. The Morgan fingerprint density at radius 3 is 2.13 bits per heavy atom. The molecule has 0 bridgehead atoms. The molecule has 4 N–H and O–H groups in total. The maximum absolute atomic E-state index is 11.5. The number of anilines is 3. The lowest BCUT2D eigenvalue weighted by molar-refractivity contribution is -0.115. The van der Waals surface area contributed by atoms with Crippen molar-refractivity contribution in [3.63, 3.8) is 0 Å². The van der Waals surface area contributed by atoms with Crippen LogP contribution in [0.3, 0.4) is 0 Å². The minimum absolute atomic E-state index is 0.0641. The van der Waals surface area contributed by atoms with Gasteiger partial charge in [-0.2, -0.15) is 5.26 Å². The fraction of sp³-hybridized carbons (Fsp3) is 0.261. The SMILES string of the molecule is C#C.CC(C)(C)OC(N)=O.CCC(=O)Nc1ccc(C#N)cc1Nc1ccccc1. The number of carbonyl (C=O) groups excluding carboxylic acids is 2. The number of primary amides is 1. The van der Waals surface area contributed by atoms with Crippen molar-refractivity contribution in [1.82, 2.24) is 0 Å². The molecule has 0 saturated heterocycles. The van der Waals surface area contributed by atoms with Crippen LogP contribution in [-0.4, -0.2) is 17.6 Å². The summed E-state index contributed by atoms with van der Waals surface area (Å²) in [4.78, 5) is 21.6. The van der Waals surface area contributed by atoms with Crippen molar-refractivity contribution < 1.29 is 14.3 Å². The van der Waals surface area contributed by atoms with E-state index < -0.39 is 11.7 Å². The van der Waals surface area contributed by atoms with Gasteiger partial charge in [0.1, 0.15) is 5.60 Å². The first-order valence-electron chi connectivity index (χ1n) is 9.12. The lowest BCUT2D eigenvalue weighted by Crippen LogP contribution is -2.27. The largest absolute Gasteiger partial charge is 0.444 e. The smallest absolute Gasteiger partial charge is 0.405 e. The molecule has 0 aliphatic carbocycles. The highest BCUT2D eigenvalue weighted by molar-refractivity contribution is 5.95. The van der Waals surface area contributed by atoms with Crippen molar-refractivity contribution in [2.45, 2.75) is 39.7 Å². The standard InChI is InChI=1S/C16H15N3O.C5H11NO2.C2H2/c1-2-16(20)19-14-9-8-12(11-17)10-15(14)18-13-6-4-3-5-7-13;1-5(2,3)8-4(6)7;1-2/h3-10,18H,2H2,1H3,(H,19,20);1-3H3,(H2,6,7);1-2H. The van der Waals surface area contributed by atoms with Gasteiger partial charge in [-0.3, -0.25) is 4.79 Å². The third-order valence-corrected chi connectivity index (χ3v) is 3.20. The van der Waals surface area contributed by atoms with Gasteiger partial charge in [0.25, 0.3) is 0 Å². The molecule has 0 spiro atoms. The van der Waals surface area contributed by atoms with Crippen LogP contribution in [-0.2, 0) is 9.53 Å². The Kier molecular flexibility index (Phi) is 11.5. The van der Waals surface area contributed by atoms with Crippen LogP contribution in [0.15, 0.2) is 48.5 Å². The first-order valence-corrected chi connectivity index (χ1v) is 9.12. The molecule has 0 aromatic heterocycles. The highest BCUT2D eigenvalue weighted by Gasteiger charge is 2.12. The number of amides is 2. The van der Waals surface area contributed by atoms with E-state index >= 15 is 0 Å². The van der Waals surface area contributed by atoms with Crippen molar-refractivity contribution in [1.29, 1.82) is 5.26 Å². The topological polar surface area (TPSA) is 117 Å². The second kappa shape index (κ2) is 13.2. The highest BCUT2D eigenvalue weighted by Crippen LogP contribution is 2.26. The normalized spacial score (nSPS) is 9.37. The summed E-state index contributed by atoms with van der Waals surface area (Å²) in [7, 11) is 0. The summed E-state index contributed by atoms with van der Waals surface area (Å²) in [5.41, 5.74) is 7.07. The van der Waals surface area contributed by atoms with Crippen LogP contribution in [0, 0.1) is 24.2 Å². The average Bonchev–Trinajstić information content (AvgIpc) is 2.70. The number of hydrogen-bond donors (Lipinski definition) is 3. The zero-order valence-corrected chi connectivity index (χ0v) is 17.7. The summed E-state index contributed by atoms with van der Waals surface area (Å²) in [6, 6.07) is 16.8. The third kappa shape index (κ3) is 11.0. The molecular formula is C23H28N4O3. The van der Waals surface area contributed by atoms with Gasteiger partial charge >= 0.3 is 6.09 Å². The predicted molar refractivity (Wildman–Crippen MR) is 120 cm³/mol. The lowest BCUT2D eigenvalue weighted by atomic mass is 10.1. The maximum atomic E-state index is 11.5. The molecule has 2 rings (SSSR count). The number of nitriles is 1. The first kappa shape index (κ1) is 26.0. The van der Waals surface area contributed by atoms with E-state index in [1.807, 2.05) is 30.3 Å². The number of hydrogen-bond acceptors (Lipinski definition) is 5. The number of ether oxygens (including phenoxy) is 1. The van der Waals surface area contributed by atoms with Crippen LogP contribution < -0.4 is 16.4 Å². The monoisotopic (exact) mass is 408 g/mol. The number of benzene rings is 2. The molecule has 0 radical (unpaired) electrons. The van der Waals surface area contributed by atoms with Gasteiger partial charge in [0.15, 0.2) is 0 Å². The number of nitrogens with zero attached hydrogens (tertiary/aromatic N) is 1. The van der Waals surface area contributed by atoms with Crippen LogP contribution in [0.1, 0.15) is 39.7 Å². The molecule has 2 aromatic carbocycles. The van der Waals surface area contributed by atoms with Crippen molar-refractivity contribution in [2.24, 2.45) is 5.73 Å². The van der Waals surface area contributed by atoms with Crippen molar-refractivity contribution >= 4 is 29.1 Å². The Balaban J connectivity index is 0.000000712. The Morgan fingerprint density at radius 2 is 1.70 bits per heavy atom. The van der Waals surface area contributed by atoms with E-state index in [2.05, 4.69) is 34.3 Å². The number of rotatable bonds is 4. The van der Waals surface area contributed by atoms with Gasteiger partial charge < -0.3 is 21.1 Å². The molecule has 2 aromatic rings. The van der Waals surface area contributed by atoms with Gasteiger partial charge in [0.05, 0.1) is 23.0 Å². The van der Waals surface area contributed by atoms with Gasteiger partial charge in [-0.15, -0.1) is 12.8 Å². The van der Waals surface area contributed by atoms with Gasteiger partial charge in [0, 0.05) is 12.1 Å². The second-order valence-corrected chi connectivity index (χ2v) is 6.80. The molecule has 30 heavy (non-hydrogen) atoms. The fourth-order valence-corrected chi connectivity index (χ4v) is 2.04. The molecule has 2 amide bonds. The summed E-state index contributed by atoms with van der Waals surface area (Å²) in [6.45, 7) is 7.08. The highest BCUT2D eigenvalue weighted by atomic mass is 16.6. The number of terminal acetylenes is 1. The van der Waals surface area contributed by atoms with E-state index in [0.29, 0.717) is 23.4 Å². The zero-order chi connectivity index (χ0) is 23.2. The molecule has 0 unspecified atom stereocenters. The van der Waals surface area contributed by atoms with Gasteiger partial charge in [-0.25, -0.2) is 4.79 Å². The first-order chi connectivity index (χ1) is 14.1. The lowest BCUT2D eigenvalue weighted by Gasteiger charge is -2.16. The van der Waals surface area contributed by atoms with Crippen LogP contribution in [0.2, 0.25) is 0 Å². The van der Waals surface area contributed by atoms with Crippen LogP contribution in [0.5, 0.6) is 0 Å². The summed E-state index contributed by atoms with van der Waals surface area (Å²) < 4.78 is 4.58. The van der Waals surface area contributed by atoms with E-state index in [-0.39, 0.29) is 5.91 Å². The van der Waals surface area contributed by atoms with E-state index in [1.165, 1.54) is 0 Å². The summed E-state index contributed by atoms with van der Waals surface area (Å²) in [5.74, 6) is -0.0641. The summed E-state index contributed by atoms with van der Waals surface area (Å²) in [5, 5.41) is 15.0. The van der Waals surface area contributed by atoms with Crippen LogP contribution >= 0.6 is 0 Å². The van der Waals surface area contributed by atoms with E-state index in [4.69, 9.17) is 11.0 Å². The second-order valence-electron chi connectivity index (χ2n) is 6.80. The molecule has 0 heterocycles. The average molecular weight is 409 g/mol. The minimum atomic E-state index is -0.725. The Bertz CT molecular complexity index is 879. The van der Waals surface area contributed by atoms with Crippen LogP contribution in [0.4, 0.5) is 21.9 Å². The maximum Gasteiger partial charge on any atom is 0.405 e. The third-order valence-electron chi connectivity index (χ3n) is 3.20. The molecule has 0 aliphatic heterocycles. The van der Waals surface area contributed by atoms with Gasteiger partial charge in [-0.1, -0.05) is 25.1 Å². The molecular weight excluding hydrogens is 380 g/mol. The zero-order valence-electron chi connectivity index (χ0n) is 17.7. The number of carbonyl (C=O) groups is 2. The van der Waals surface area contributed by atoms with Crippen molar-refractivity contribution in [2.75, 3.05) is 10.6 Å². The minimum Gasteiger partial charge on any atom is -0.444 e. The molecule has 7 heteroatoms. The molecule has 0 atom stereocenters. The van der Waals surface area contributed by atoms with Crippen molar-refractivity contribution in [3.05, 3.63) is 54.1 Å². The van der Waals surface area contributed by atoms with Crippen LogP contribution in [0.25, 0.3) is 0 Å². The summed E-state index contributed by atoms with van der Waals surface area (Å²) in [6.07, 6.45) is 7.68. The summed E-state index contributed by atoms with van der Waals surface area (Å²) >= 11 is 0. The molecule has 0 aliphatic rings.